The highest BCUT2D eigenvalue weighted by Gasteiger charge is 2.20. The molecule has 1 aromatic heterocycles. The molecule has 2 saturated heterocycles. The molecule has 1 N–H and O–H groups in total. The van der Waals surface area contributed by atoms with Crippen LogP contribution in [-0.2, 0) is 19.6 Å². The number of nitrogens with zero attached hydrogens (tertiary/aromatic N) is 6. The molecule has 0 bridgehead atoms. The molecule has 0 unspecified atom stereocenters. The molecule has 2 aliphatic heterocycles. The van der Waals surface area contributed by atoms with Gasteiger partial charge in [-0.15, -0.1) is 24.0 Å². The Balaban J connectivity index is 0.00000289. The number of hydrogen-bond donors (Lipinski definition) is 1. The van der Waals surface area contributed by atoms with Gasteiger partial charge in [-0.2, -0.15) is 0 Å². The van der Waals surface area contributed by atoms with Crippen molar-refractivity contribution >= 4 is 29.9 Å². The second-order valence-electron chi connectivity index (χ2n) is 8.55. The van der Waals surface area contributed by atoms with Crippen LogP contribution in [0, 0.1) is 0 Å². The number of aliphatic imine (C=N–C) groups is 1. The highest BCUT2D eigenvalue weighted by atomic mass is 127. The Labute approximate surface area is 208 Å². The van der Waals surface area contributed by atoms with E-state index in [9.17, 15) is 0 Å². The van der Waals surface area contributed by atoms with E-state index < -0.39 is 0 Å². The van der Waals surface area contributed by atoms with Crippen molar-refractivity contribution < 1.29 is 4.52 Å². The van der Waals surface area contributed by atoms with Gasteiger partial charge in [0.25, 0.3) is 0 Å². The highest BCUT2D eigenvalue weighted by Crippen LogP contribution is 2.11. The monoisotopic (exact) mass is 553 g/mol. The van der Waals surface area contributed by atoms with Crippen molar-refractivity contribution in [2.75, 3.05) is 66.5 Å². The van der Waals surface area contributed by atoms with Crippen molar-refractivity contribution in [3.8, 4) is 0 Å². The van der Waals surface area contributed by atoms with Crippen LogP contribution in [0.5, 0.6) is 0 Å². The first-order chi connectivity index (χ1) is 15.2. The summed E-state index contributed by atoms with van der Waals surface area (Å²) in [6.07, 6.45) is 1.64. The van der Waals surface area contributed by atoms with E-state index >= 15 is 0 Å². The van der Waals surface area contributed by atoms with Crippen LogP contribution < -0.4 is 5.32 Å². The minimum Gasteiger partial charge on any atom is -0.364 e. The maximum Gasteiger partial charge on any atom is 0.194 e. The highest BCUT2D eigenvalue weighted by molar-refractivity contribution is 14.0. The lowest BCUT2D eigenvalue weighted by molar-refractivity contribution is 0.148. The predicted octanol–water partition coefficient (Wildman–Crippen LogP) is 1.93. The Kier molecular flexibility index (Phi) is 9.76. The third kappa shape index (κ3) is 7.16. The number of benzene rings is 1. The maximum atomic E-state index is 4.94. The van der Waals surface area contributed by atoms with E-state index in [1.807, 2.05) is 13.1 Å². The van der Waals surface area contributed by atoms with Crippen LogP contribution in [0.15, 0.2) is 46.1 Å². The molecule has 0 atom stereocenters. The number of halogens is 1. The minimum atomic E-state index is 0. The largest absolute Gasteiger partial charge is 0.364 e. The Morgan fingerprint density at radius 2 is 1.53 bits per heavy atom. The normalized spacial score (nSPS) is 19.1. The fraction of sp³-hybridized carbons (Fsp3) is 0.565. The van der Waals surface area contributed by atoms with Gasteiger partial charge in [-0.1, -0.05) is 29.4 Å². The number of hydrogen-bond acceptors (Lipinski definition) is 6. The predicted molar refractivity (Wildman–Crippen MR) is 138 cm³/mol. The van der Waals surface area contributed by atoms with Crippen LogP contribution in [0.2, 0.25) is 0 Å². The summed E-state index contributed by atoms with van der Waals surface area (Å²) in [5.41, 5.74) is 3.67. The number of likely N-dealkylation sites (N-methyl/N-ethyl adjacent to an activating group) is 1. The Morgan fingerprint density at radius 3 is 2.16 bits per heavy atom. The molecular formula is C23H36IN7O. The van der Waals surface area contributed by atoms with Gasteiger partial charge in [-0.05, 0) is 18.2 Å². The Bertz CT molecular complexity index is 811. The van der Waals surface area contributed by atoms with Crippen LogP contribution in [0.25, 0.3) is 0 Å². The number of guanidine groups is 1. The summed E-state index contributed by atoms with van der Waals surface area (Å²) in [6.45, 7) is 11.2. The third-order valence-corrected chi connectivity index (χ3v) is 6.24. The second-order valence-corrected chi connectivity index (χ2v) is 8.55. The summed E-state index contributed by atoms with van der Waals surface area (Å²) >= 11 is 0. The molecule has 8 nitrogen and oxygen atoms in total. The second kappa shape index (κ2) is 12.5. The molecule has 0 saturated carbocycles. The first-order valence-electron chi connectivity index (χ1n) is 11.3. The molecule has 4 rings (SSSR count). The van der Waals surface area contributed by atoms with Crippen LogP contribution in [0.3, 0.4) is 0 Å². The van der Waals surface area contributed by atoms with Gasteiger partial charge >= 0.3 is 0 Å². The first kappa shape index (κ1) is 24.9. The third-order valence-electron chi connectivity index (χ3n) is 6.24. The van der Waals surface area contributed by atoms with Crippen LogP contribution >= 0.6 is 24.0 Å². The summed E-state index contributed by atoms with van der Waals surface area (Å²) in [6, 6.07) is 10.9. The summed E-state index contributed by atoms with van der Waals surface area (Å²) in [5, 5.41) is 7.55. The van der Waals surface area contributed by atoms with E-state index in [4.69, 9.17) is 4.52 Å². The van der Waals surface area contributed by atoms with E-state index in [0.717, 1.165) is 83.6 Å². The van der Waals surface area contributed by atoms with Gasteiger partial charge in [0.1, 0.15) is 6.26 Å². The Hall–Kier alpha value is -1.69. The summed E-state index contributed by atoms with van der Waals surface area (Å²) in [5.74, 6) is 0.975. The zero-order valence-electron chi connectivity index (χ0n) is 19.2. The van der Waals surface area contributed by atoms with Crippen LogP contribution in [0.4, 0.5) is 0 Å². The summed E-state index contributed by atoms with van der Waals surface area (Å²) in [7, 11) is 4.06. The molecule has 0 amide bonds. The Morgan fingerprint density at radius 1 is 0.906 bits per heavy atom. The fourth-order valence-electron chi connectivity index (χ4n) is 4.21. The lowest BCUT2D eigenvalue weighted by atomic mass is 10.1. The maximum absolute atomic E-state index is 4.94. The van der Waals surface area contributed by atoms with Gasteiger partial charge in [0, 0.05) is 85.1 Å². The molecule has 32 heavy (non-hydrogen) atoms. The van der Waals surface area contributed by atoms with E-state index in [0.29, 0.717) is 0 Å². The molecule has 2 aromatic rings. The lowest BCUT2D eigenvalue weighted by Gasteiger charge is -2.36. The van der Waals surface area contributed by atoms with Crippen molar-refractivity contribution in [2.24, 2.45) is 4.99 Å². The number of piperazine rings is 2. The number of aromatic nitrogens is 1. The van der Waals surface area contributed by atoms with Crippen molar-refractivity contribution in [2.45, 2.75) is 19.6 Å². The van der Waals surface area contributed by atoms with E-state index in [2.05, 4.69) is 66.4 Å². The fourth-order valence-corrected chi connectivity index (χ4v) is 4.21. The molecule has 176 valence electrons. The molecule has 2 aliphatic rings. The minimum absolute atomic E-state index is 0. The van der Waals surface area contributed by atoms with Gasteiger partial charge in [0.2, 0.25) is 0 Å². The first-order valence-corrected chi connectivity index (χ1v) is 11.3. The zero-order chi connectivity index (χ0) is 21.5. The van der Waals surface area contributed by atoms with Gasteiger partial charge in [0.05, 0.1) is 5.69 Å². The average Bonchev–Trinajstić information content (AvgIpc) is 3.31. The van der Waals surface area contributed by atoms with Gasteiger partial charge in [-0.25, -0.2) is 0 Å². The van der Waals surface area contributed by atoms with Gasteiger partial charge in [0.15, 0.2) is 5.96 Å². The van der Waals surface area contributed by atoms with E-state index in [-0.39, 0.29) is 24.0 Å². The molecule has 0 radical (unpaired) electrons. The molecule has 9 heteroatoms. The molecule has 0 aliphatic carbocycles. The molecule has 3 heterocycles. The molecule has 1 aromatic carbocycles. The van der Waals surface area contributed by atoms with Crippen molar-refractivity contribution in [3.63, 3.8) is 0 Å². The van der Waals surface area contributed by atoms with Crippen molar-refractivity contribution in [1.82, 2.24) is 30.1 Å². The van der Waals surface area contributed by atoms with E-state index in [1.54, 1.807) is 6.26 Å². The topological polar surface area (TPSA) is 63.4 Å². The zero-order valence-corrected chi connectivity index (χ0v) is 21.6. The van der Waals surface area contributed by atoms with Crippen molar-refractivity contribution in [1.29, 1.82) is 0 Å². The standard InChI is InChI=1S/C23H35N7O.HI/c1-24-23(30-14-12-29(13-15-30)19-22-7-16-31-26-22)25-17-20-3-5-21(6-4-20)18-28-10-8-27(2)9-11-28;/h3-7,16H,8-15,17-19H2,1-2H3,(H,24,25);1H. The van der Waals surface area contributed by atoms with Gasteiger partial charge in [-0.3, -0.25) is 14.8 Å². The molecular weight excluding hydrogens is 517 g/mol. The quantitative estimate of drug-likeness (QED) is 0.334. The molecule has 2 fully saturated rings. The SMILES string of the molecule is CN=C(NCc1ccc(CN2CCN(C)CC2)cc1)N1CCN(Cc2ccon2)CC1.I. The smallest absolute Gasteiger partial charge is 0.194 e. The van der Waals surface area contributed by atoms with E-state index in [1.165, 1.54) is 11.1 Å². The van der Waals surface area contributed by atoms with Gasteiger partial charge < -0.3 is 19.6 Å². The van der Waals surface area contributed by atoms with Crippen molar-refractivity contribution in [3.05, 3.63) is 53.4 Å². The number of rotatable bonds is 6. The van der Waals surface area contributed by atoms with Crippen LogP contribution in [0.1, 0.15) is 16.8 Å². The molecule has 0 spiro atoms. The summed E-state index contributed by atoms with van der Waals surface area (Å²) < 4.78 is 4.94. The van der Waals surface area contributed by atoms with Crippen LogP contribution in [-0.4, -0.2) is 97.2 Å². The number of nitrogens with one attached hydrogen (secondary N) is 1. The lowest BCUT2D eigenvalue weighted by Crippen LogP contribution is -2.52. The summed E-state index contributed by atoms with van der Waals surface area (Å²) in [4.78, 5) is 14.2. The average molecular weight is 553 g/mol.